The maximum absolute atomic E-state index is 11.9. The molecule has 2 aromatic carbocycles. The Labute approximate surface area is 248 Å². The molecule has 11 heteroatoms. The molecule has 1 saturated carbocycles. The predicted molar refractivity (Wildman–Crippen MR) is 164 cm³/mol. The minimum atomic E-state index is -0.287. The van der Waals surface area contributed by atoms with Crippen LogP contribution in [0.2, 0.25) is 0 Å². The Morgan fingerprint density at radius 3 is 2.91 bits per heavy atom. The van der Waals surface area contributed by atoms with Crippen LogP contribution in [0.15, 0.2) is 55.1 Å². The SMILES string of the molecule is CC#CC(=O)NCCN1C[C@@H]2CC2Oc2cc3ncnc(Nc4ccc(Oc5ccc6c(c5)ncn6C)c(C)c4)c3nc21. The number of nitrogens with one attached hydrogen (secondary N) is 2. The third-order valence-corrected chi connectivity index (χ3v) is 7.72. The van der Waals surface area contributed by atoms with Crippen molar-refractivity contribution in [3.8, 4) is 29.1 Å². The topological polar surface area (TPSA) is 119 Å². The van der Waals surface area contributed by atoms with Gasteiger partial charge in [0.1, 0.15) is 29.4 Å². The van der Waals surface area contributed by atoms with Gasteiger partial charge in [0, 0.05) is 50.4 Å². The molecule has 5 aromatic rings. The van der Waals surface area contributed by atoms with E-state index in [0.29, 0.717) is 41.6 Å². The molecule has 1 unspecified atom stereocenters. The van der Waals surface area contributed by atoms with Crippen molar-refractivity contribution in [2.75, 3.05) is 29.9 Å². The van der Waals surface area contributed by atoms with E-state index in [1.807, 2.05) is 61.0 Å². The smallest absolute Gasteiger partial charge is 0.295 e. The van der Waals surface area contributed by atoms with Crippen LogP contribution in [0.3, 0.4) is 0 Å². The predicted octanol–water partition coefficient (Wildman–Crippen LogP) is 4.48. The van der Waals surface area contributed by atoms with Crippen LogP contribution in [0.5, 0.6) is 17.2 Å². The van der Waals surface area contributed by atoms with E-state index in [1.165, 1.54) is 6.33 Å². The lowest BCUT2D eigenvalue weighted by Crippen LogP contribution is -2.36. The van der Waals surface area contributed by atoms with Gasteiger partial charge in [-0.2, -0.15) is 0 Å². The Hall–Kier alpha value is -5.37. The number of anilines is 3. The van der Waals surface area contributed by atoms with E-state index in [4.69, 9.17) is 14.5 Å². The molecule has 11 nitrogen and oxygen atoms in total. The Balaban J connectivity index is 1.13. The number of aromatic nitrogens is 5. The van der Waals surface area contributed by atoms with Crippen molar-refractivity contribution in [1.82, 2.24) is 29.8 Å². The maximum Gasteiger partial charge on any atom is 0.295 e. The molecule has 0 bridgehead atoms. The van der Waals surface area contributed by atoms with E-state index in [9.17, 15) is 4.79 Å². The minimum Gasteiger partial charge on any atom is -0.486 e. The molecule has 0 saturated heterocycles. The highest BCUT2D eigenvalue weighted by Gasteiger charge is 2.44. The fourth-order valence-corrected chi connectivity index (χ4v) is 5.40. The van der Waals surface area contributed by atoms with E-state index in [-0.39, 0.29) is 12.0 Å². The number of amides is 1. The molecule has 1 aliphatic carbocycles. The second-order valence-corrected chi connectivity index (χ2v) is 10.8. The molecular formula is C32H30N8O3. The van der Waals surface area contributed by atoms with Crippen LogP contribution in [-0.2, 0) is 11.8 Å². The first kappa shape index (κ1) is 26.5. The molecule has 3 aromatic heterocycles. The summed E-state index contributed by atoms with van der Waals surface area (Å²) < 4.78 is 14.5. The standard InChI is InChI=1S/C32H30N8O3/c1-4-5-29(41)33-10-11-40-16-20-13-27(20)43-28-15-24-30(38-32(28)40)31(35-17-34-24)37-21-6-9-26(19(2)12-21)42-22-7-8-25-23(14-22)36-18-39(25)3/h6-9,12,14-15,17-18,20,27H,10-11,13,16H2,1-3H3,(H,33,41)(H,34,35,37)/t20-,27?/m0/s1. The van der Waals surface area contributed by atoms with Gasteiger partial charge in [0.05, 0.1) is 22.9 Å². The Kier molecular flexibility index (Phi) is 6.66. The Bertz CT molecular complexity index is 1940. The van der Waals surface area contributed by atoms with Crippen LogP contribution in [0.4, 0.5) is 17.3 Å². The van der Waals surface area contributed by atoms with Crippen molar-refractivity contribution in [3.63, 3.8) is 0 Å². The van der Waals surface area contributed by atoms with Gasteiger partial charge in [0.25, 0.3) is 5.91 Å². The first-order chi connectivity index (χ1) is 20.9. The van der Waals surface area contributed by atoms with Crippen molar-refractivity contribution in [1.29, 1.82) is 0 Å². The quantitative estimate of drug-likeness (QED) is 0.271. The molecule has 1 aliphatic heterocycles. The lowest BCUT2D eigenvalue weighted by atomic mass is 10.2. The largest absolute Gasteiger partial charge is 0.486 e. The lowest BCUT2D eigenvalue weighted by molar-refractivity contribution is -0.115. The molecule has 0 spiro atoms. The van der Waals surface area contributed by atoms with Crippen LogP contribution >= 0.6 is 0 Å². The molecular weight excluding hydrogens is 544 g/mol. The number of nitrogens with zero attached hydrogens (tertiary/aromatic N) is 6. The van der Waals surface area contributed by atoms with Gasteiger partial charge in [-0.25, -0.2) is 19.9 Å². The summed E-state index contributed by atoms with van der Waals surface area (Å²) in [6.45, 7) is 5.48. The summed E-state index contributed by atoms with van der Waals surface area (Å²) in [5.74, 6) is 8.77. The van der Waals surface area contributed by atoms with Crippen molar-refractivity contribution in [2.45, 2.75) is 26.4 Å². The highest BCUT2D eigenvalue weighted by Crippen LogP contribution is 2.44. The maximum atomic E-state index is 11.9. The summed E-state index contributed by atoms with van der Waals surface area (Å²) in [6, 6.07) is 13.7. The van der Waals surface area contributed by atoms with Gasteiger partial charge >= 0.3 is 0 Å². The number of aryl methyl sites for hydroxylation is 2. The van der Waals surface area contributed by atoms with Crippen LogP contribution in [-0.4, -0.2) is 56.1 Å². The summed E-state index contributed by atoms with van der Waals surface area (Å²) in [4.78, 5) is 32.5. The monoisotopic (exact) mass is 574 g/mol. The molecule has 2 atom stereocenters. The average molecular weight is 575 g/mol. The lowest BCUT2D eigenvalue weighted by Gasteiger charge is -2.24. The van der Waals surface area contributed by atoms with Gasteiger partial charge in [-0.15, -0.1) is 0 Å². The number of ether oxygens (including phenoxy) is 2. The number of carbonyl (C=O) groups is 1. The number of fused-ring (bicyclic) bond motifs is 4. The third kappa shape index (κ3) is 5.35. The number of imidazole rings is 1. The molecule has 0 radical (unpaired) electrons. The highest BCUT2D eigenvalue weighted by molar-refractivity contribution is 5.93. The molecule has 1 fully saturated rings. The molecule has 216 valence electrons. The van der Waals surface area contributed by atoms with Crippen molar-refractivity contribution in [3.05, 3.63) is 60.7 Å². The molecule has 43 heavy (non-hydrogen) atoms. The molecule has 1 amide bonds. The van der Waals surface area contributed by atoms with Gasteiger partial charge < -0.3 is 29.6 Å². The second-order valence-electron chi connectivity index (χ2n) is 10.8. The number of hydrogen-bond acceptors (Lipinski definition) is 9. The van der Waals surface area contributed by atoms with E-state index in [0.717, 1.165) is 52.6 Å². The normalized spacial score (nSPS) is 16.8. The summed E-state index contributed by atoms with van der Waals surface area (Å²) in [5, 5.41) is 6.27. The summed E-state index contributed by atoms with van der Waals surface area (Å²) >= 11 is 0. The summed E-state index contributed by atoms with van der Waals surface area (Å²) in [5.41, 5.74) is 5.05. The van der Waals surface area contributed by atoms with Crippen LogP contribution in [0, 0.1) is 24.7 Å². The Morgan fingerprint density at radius 1 is 1.14 bits per heavy atom. The zero-order chi connectivity index (χ0) is 29.5. The molecule has 2 aliphatic rings. The van der Waals surface area contributed by atoms with Gasteiger partial charge in [0.2, 0.25) is 0 Å². The van der Waals surface area contributed by atoms with Gasteiger partial charge in [-0.3, -0.25) is 4.79 Å². The number of pyridine rings is 1. The van der Waals surface area contributed by atoms with Gasteiger partial charge in [-0.1, -0.05) is 5.92 Å². The summed E-state index contributed by atoms with van der Waals surface area (Å²) in [7, 11) is 1.97. The third-order valence-electron chi connectivity index (χ3n) is 7.72. The van der Waals surface area contributed by atoms with Crippen molar-refractivity contribution >= 4 is 45.3 Å². The van der Waals surface area contributed by atoms with E-state index in [2.05, 4.69) is 42.3 Å². The van der Waals surface area contributed by atoms with Gasteiger partial charge in [-0.05, 0) is 62.1 Å². The van der Waals surface area contributed by atoms with Crippen molar-refractivity contribution in [2.24, 2.45) is 13.0 Å². The van der Waals surface area contributed by atoms with Crippen LogP contribution in [0.25, 0.3) is 22.1 Å². The van der Waals surface area contributed by atoms with E-state index in [1.54, 1.807) is 13.3 Å². The zero-order valence-electron chi connectivity index (χ0n) is 24.1. The first-order valence-electron chi connectivity index (χ1n) is 14.2. The number of hydrogen-bond donors (Lipinski definition) is 2. The summed E-state index contributed by atoms with van der Waals surface area (Å²) in [6.07, 6.45) is 4.50. The fourth-order valence-electron chi connectivity index (χ4n) is 5.40. The van der Waals surface area contributed by atoms with E-state index >= 15 is 0 Å². The highest BCUT2D eigenvalue weighted by atomic mass is 16.5. The average Bonchev–Trinajstić information content (AvgIpc) is 3.65. The van der Waals surface area contributed by atoms with Gasteiger partial charge in [0.15, 0.2) is 17.4 Å². The molecule has 4 heterocycles. The number of carbonyl (C=O) groups excluding carboxylic acids is 1. The van der Waals surface area contributed by atoms with Crippen molar-refractivity contribution < 1.29 is 14.3 Å². The minimum absolute atomic E-state index is 0.178. The van der Waals surface area contributed by atoms with E-state index < -0.39 is 0 Å². The molecule has 7 rings (SSSR count). The number of rotatable bonds is 7. The fraction of sp³-hybridized carbons (Fsp3) is 0.281. The molecule has 2 N–H and O–H groups in total. The van der Waals surface area contributed by atoms with Crippen LogP contribution in [0.1, 0.15) is 18.9 Å². The Morgan fingerprint density at radius 2 is 2.05 bits per heavy atom. The zero-order valence-corrected chi connectivity index (χ0v) is 24.1. The number of benzene rings is 2. The van der Waals surface area contributed by atoms with Crippen LogP contribution < -0.4 is 25.0 Å². The second kappa shape index (κ2) is 10.8. The first-order valence-corrected chi connectivity index (χ1v) is 14.2.